The smallest absolute Gasteiger partial charge is 0.226 e. The average Bonchev–Trinajstić information content (AvgIpc) is 2.48. The summed E-state index contributed by atoms with van der Waals surface area (Å²) in [6, 6.07) is 9.78. The highest BCUT2D eigenvalue weighted by atomic mass is 16.5. The maximum absolute atomic E-state index is 12.3. The Morgan fingerprint density at radius 3 is 2.85 bits per heavy atom. The summed E-state index contributed by atoms with van der Waals surface area (Å²) in [7, 11) is 0. The van der Waals surface area contributed by atoms with E-state index in [9.17, 15) is 4.79 Å². The lowest BCUT2D eigenvalue weighted by molar-refractivity contribution is -0.136. The Morgan fingerprint density at radius 1 is 1.40 bits per heavy atom. The molecular weight excluding hydrogens is 252 g/mol. The second kappa shape index (κ2) is 7.29. The van der Waals surface area contributed by atoms with Crippen molar-refractivity contribution in [3.05, 3.63) is 30.3 Å². The number of likely N-dealkylation sites (tertiary alicyclic amines) is 1. The molecule has 0 unspecified atom stereocenters. The summed E-state index contributed by atoms with van der Waals surface area (Å²) >= 11 is 0. The Morgan fingerprint density at radius 2 is 2.15 bits per heavy atom. The number of para-hydroxylation sites is 1. The molecule has 4 heteroatoms. The number of nitrogens with zero attached hydrogens (tertiary/aromatic N) is 1. The van der Waals surface area contributed by atoms with E-state index in [2.05, 4.69) is 6.92 Å². The Labute approximate surface area is 120 Å². The lowest BCUT2D eigenvalue weighted by atomic mass is 9.90. The molecule has 4 nitrogen and oxygen atoms in total. The number of piperidine rings is 1. The first kappa shape index (κ1) is 14.9. The summed E-state index contributed by atoms with van der Waals surface area (Å²) in [6.07, 6.45) is 2.65. The van der Waals surface area contributed by atoms with Crippen molar-refractivity contribution < 1.29 is 9.53 Å². The van der Waals surface area contributed by atoms with Gasteiger partial charge in [0.1, 0.15) is 5.75 Å². The first-order valence-electron chi connectivity index (χ1n) is 7.39. The van der Waals surface area contributed by atoms with Crippen molar-refractivity contribution in [3.8, 4) is 5.75 Å². The van der Waals surface area contributed by atoms with Gasteiger partial charge in [0.15, 0.2) is 0 Å². The molecule has 1 aliphatic heterocycles. The van der Waals surface area contributed by atoms with Crippen LogP contribution in [0.3, 0.4) is 0 Å². The van der Waals surface area contributed by atoms with Gasteiger partial charge in [-0.25, -0.2) is 0 Å². The van der Waals surface area contributed by atoms with Crippen LogP contribution in [-0.4, -0.2) is 36.5 Å². The lowest BCUT2D eigenvalue weighted by Crippen LogP contribution is -2.51. The number of hydrogen-bond acceptors (Lipinski definition) is 3. The van der Waals surface area contributed by atoms with Crippen LogP contribution in [-0.2, 0) is 4.79 Å². The van der Waals surface area contributed by atoms with Crippen molar-refractivity contribution in [3.63, 3.8) is 0 Å². The fourth-order valence-corrected chi connectivity index (χ4v) is 2.83. The zero-order chi connectivity index (χ0) is 14.4. The van der Waals surface area contributed by atoms with Crippen molar-refractivity contribution in [1.82, 2.24) is 4.90 Å². The summed E-state index contributed by atoms with van der Waals surface area (Å²) in [6.45, 7) is 3.98. The summed E-state index contributed by atoms with van der Waals surface area (Å²) in [5.74, 6) is 1.46. The molecule has 2 rings (SSSR count). The fourth-order valence-electron chi connectivity index (χ4n) is 2.83. The van der Waals surface area contributed by atoms with Gasteiger partial charge in [0.2, 0.25) is 5.91 Å². The van der Waals surface area contributed by atoms with Crippen LogP contribution in [0.4, 0.5) is 0 Å². The molecule has 110 valence electrons. The maximum Gasteiger partial charge on any atom is 0.226 e. The van der Waals surface area contributed by atoms with Crippen LogP contribution in [0.5, 0.6) is 5.75 Å². The Bertz CT molecular complexity index is 422. The average molecular weight is 276 g/mol. The molecule has 0 aromatic heterocycles. The minimum absolute atomic E-state index is 0.155. The molecule has 1 saturated heterocycles. The van der Waals surface area contributed by atoms with Crippen LogP contribution in [0.25, 0.3) is 0 Å². The molecule has 0 bridgehead atoms. The molecule has 1 aromatic rings. The van der Waals surface area contributed by atoms with Gasteiger partial charge >= 0.3 is 0 Å². The minimum Gasteiger partial charge on any atom is -0.493 e. The molecule has 0 saturated carbocycles. The van der Waals surface area contributed by atoms with Gasteiger partial charge in [0.25, 0.3) is 0 Å². The minimum atomic E-state index is 0.155. The first-order valence-corrected chi connectivity index (χ1v) is 7.39. The van der Waals surface area contributed by atoms with E-state index in [0.29, 0.717) is 25.5 Å². The third-order valence-corrected chi connectivity index (χ3v) is 4.01. The highest BCUT2D eigenvalue weighted by molar-refractivity contribution is 5.76. The topological polar surface area (TPSA) is 55.6 Å². The molecule has 0 aliphatic carbocycles. The first-order chi connectivity index (χ1) is 9.72. The number of hydrogen-bond donors (Lipinski definition) is 1. The number of nitrogens with two attached hydrogens (primary N) is 1. The van der Waals surface area contributed by atoms with E-state index in [-0.39, 0.29) is 11.9 Å². The van der Waals surface area contributed by atoms with Crippen molar-refractivity contribution in [2.24, 2.45) is 11.7 Å². The zero-order valence-corrected chi connectivity index (χ0v) is 12.1. The van der Waals surface area contributed by atoms with E-state index in [1.165, 1.54) is 0 Å². The highest BCUT2D eigenvalue weighted by Gasteiger charge is 2.30. The number of rotatable bonds is 5. The molecule has 1 aliphatic rings. The number of ether oxygens (including phenoxy) is 1. The molecule has 2 atom stereocenters. The van der Waals surface area contributed by atoms with Crippen molar-refractivity contribution in [2.45, 2.75) is 32.2 Å². The van der Waals surface area contributed by atoms with Crippen molar-refractivity contribution in [2.75, 3.05) is 19.7 Å². The summed E-state index contributed by atoms with van der Waals surface area (Å²) in [5.41, 5.74) is 5.82. The van der Waals surface area contributed by atoms with Gasteiger partial charge in [-0.1, -0.05) is 25.1 Å². The standard InChI is InChI=1S/C16H24N2O2/c1-13-6-5-10-18(15(13)12-17)16(19)9-11-20-14-7-3-2-4-8-14/h2-4,7-8,13,15H,5-6,9-12,17H2,1H3/t13-,15-/m1/s1. The van der Waals surface area contributed by atoms with Gasteiger partial charge < -0.3 is 15.4 Å². The van der Waals surface area contributed by atoms with Crippen LogP contribution in [0, 0.1) is 5.92 Å². The van der Waals surface area contributed by atoms with Gasteiger partial charge in [0.05, 0.1) is 13.0 Å². The normalized spacial score (nSPS) is 22.6. The van der Waals surface area contributed by atoms with Crippen LogP contribution in [0.1, 0.15) is 26.2 Å². The second-order valence-corrected chi connectivity index (χ2v) is 5.42. The number of carbonyl (C=O) groups excluding carboxylic acids is 1. The largest absolute Gasteiger partial charge is 0.493 e. The molecule has 1 fully saturated rings. The predicted octanol–water partition coefficient (Wildman–Crippen LogP) is 2.04. The zero-order valence-electron chi connectivity index (χ0n) is 12.1. The highest BCUT2D eigenvalue weighted by Crippen LogP contribution is 2.23. The molecule has 1 heterocycles. The van der Waals surface area contributed by atoms with E-state index in [1.807, 2.05) is 35.2 Å². The summed E-state index contributed by atoms with van der Waals surface area (Å²) in [4.78, 5) is 14.2. The van der Waals surface area contributed by atoms with Gasteiger partial charge in [-0.15, -0.1) is 0 Å². The van der Waals surface area contributed by atoms with E-state index >= 15 is 0 Å². The molecule has 1 amide bonds. The fraction of sp³-hybridized carbons (Fsp3) is 0.562. The molecule has 1 aromatic carbocycles. The maximum atomic E-state index is 12.3. The van der Waals surface area contributed by atoms with Crippen LogP contribution >= 0.6 is 0 Å². The predicted molar refractivity (Wildman–Crippen MR) is 79.5 cm³/mol. The van der Waals surface area contributed by atoms with E-state index < -0.39 is 0 Å². The van der Waals surface area contributed by atoms with E-state index in [1.54, 1.807) is 0 Å². The van der Waals surface area contributed by atoms with Crippen LogP contribution in [0.15, 0.2) is 30.3 Å². The van der Waals surface area contributed by atoms with Gasteiger partial charge in [-0.3, -0.25) is 4.79 Å². The molecular formula is C16H24N2O2. The lowest BCUT2D eigenvalue weighted by Gasteiger charge is -2.39. The van der Waals surface area contributed by atoms with Gasteiger partial charge in [0, 0.05) is 19.1 Å². The van der Waals surface area contributed by atoms with Crippen LogP contribution in [0.2, 0.25) is 0 Å². The number of benzene rings is 1. The molecule has 2 N–H and O–H groups in total. The third-order valence-electron chi connectivity index (χ3n) is 4.01. The van der Waals surface area contributed by atoms with Crippen LogP contribution < -0.4 is 10.5 Å². The summed E-state index contributed by atoms with van der Waals surface area (Å²) in [5, 5.41) is 0. The third kappa shape index (κ3) is 3.73. The Balaban J connectivity index is 1.82. The Hall–Kier alpha value is -1.55. The van der Waals surface area contributed by atoms with Gasteiger partial charge in [-0.05, 0) is 30.9 Å². The van der Waals surface area contributed by atoms with E-state index in [0.717, 1.165) is 25.1 Å². The Kier molecular flexibility index (Phi) is 5.41. The monoisotopic (exact) mass is 276 g/mol. The number of amides is 1. The summed E-state index contributed by atoms with van der Waals surface area (Å²) < 4.78 is 5.58. The van der Waals surface area contributed by atoms with Crippen molar-refractivity contribution >= 4 is 5.91 Å². The van der Waals surface area contributed by atoms with Gasteiger partial charge in [-0.2, -0.15) is 0 Å². The SMILES string of the molecule is C[C@@H]1CCCN(C(=O)CCOc2ccccc2)[C@@H]1CN. The second-order valence-electron chi connectivity index (χ2n) is 5.42. The van der Waals surface area contributed by atoms with E-state index in [4.69, 9.17) is 10.5 Å². The molecule has 0 radical (unpaired) electrons. The number of carbonyl (C=O) groups is 1. The quantitative estimate of drug-likeness (QED) is 0.895. The van der Waals surface area contributed by atoms with Crippen molar-refractivity contribution in [1.29, 1.82) is 0 Å². The molecule has 0 spiro atoms. The molecule has 20 heavy (non-hydrogen) atoms.